The highest BCUT2D eigenvalue weighted by molar-refractivity contribution is 5.81. The van der Waals surface area contributed by atoms with E-state index in [9.17, 15) is 9.59 Å². The molecule has 1 fully saturated rings. The fourth-order valence-electron chi connectivity index (χ4n) is 2.91. The number of aromatic nitrogens is 1. The monoisotopic (exact) mass is 304 g/mol. The molecule has 3 rings (SSSR count). The van der Waals surface area contributed by atoms with Crippen molar-refractivity contribution in [3.05, 3.63) is 23.4 Å². The largest absolute Gasteiger partial charge is 0.480 e. The molecule has 2 N–H and O–H groups in total. The predicted molar refractivity (Wildman–Crippen MR) is 80.9 cm³/mol. The molecule has 22 heavy (non-hydrogen) atoms. The second kappa shape index (κ2) is 6.21. The van der Waals surface area contributed by atoms with E-state index in [-0.39, 0.29) is 12.6 Å². The molecule has 0 aromatic carbocycles. The van der Waals surface area contributed by atoms with E-state index < -0.39 is 5.97 Å². The lowest BCUT2D eigenvalue weighted by atomic mass is 10.1. The predicted octanol–water partition coefficient (Wildman–Crippen LogP) is 0.804. The van der Waals surface area contributed by atoms with Crippen LogP contribution in [0.2, 0.25) is 0 Å². The first kappa shape index (κ1) is 14.6. The van der Waals surface area contributed by atoms with Crippen LogP contribution in [0.5, 0.6) is 0 Å². The van der Waals surface area contributed by atoms with Crippen molar-refractivity contribution >= 4 is 17.8 Å². The fourth-order valence-corrected chi connectivity index (χ4v) is 2.91. The Bertz CT molecular complexity index is 590. The average Bonchev–Trinajstić information content (AvgIpc) is 2.85. The number of carbonyl (C=O) groups is 2. The van der Waals surface area contributed by atoms with Gasteiger partial charge in [0.25, 0.3) is 0 Å². The van der Waals surface area contributed by atoms with Crippen LogP contribution in [0.25, 0.3) is 0 Å². The number of aliphatic carboxylic acids is 1. The molecule has 0 unspecified atom stereocenters. The Balaban J connectivity index is 1.57. The summed E-state index contributed by atoms with van der Waals surface area (Å²) in [5.41, 5.74) is 2.21. The van der Waals surface area contributed by atoms with Crippen LogP contribution in [0.1, 0.15) is 17.7 Å². The zero-order valence-electron chi connectivity index (χ0n) is 12.4. The first-order valence-electron chi connectivity index (χ1n) is 7.62. The molecule has 0 atom stereocenters. The number of carboxylic acids is 1. The first-order chi connectivity index (χ1) is 10.6. The summed E-state index contributed by atoms with van der Waals surface area (Å²) in [5, 5.41) is 12.1. The van der Waals surface area contributed by atoms with E-state index in [2.05, 4.69) is 16.4 Å². The first-order valence-corrected chi connectivity index (χ1v) is 7.62. The van der Waals surface area contributed by atoms with Gasteiger partial charge in [-0.25, -0.2) is 9.78 Å². The van der Waals surface area contributed by atoms with E-state index in [1.54, 1.807) is 4.90 Å². The van der Waals surface area contributed by atoms with Crippen LogP contribution in [0.15, 0.2) is 12.1 Å². The second-order valence-corrected chi connectivity index (χ2v) is 5.68. The van der Waals surface area contributed by atoms with Crippen molar-refractivity contribution in [3.63, 3.8) is 0 Å². The van der Waals surface area contributed by atoms with Crippen LogP contribution < -0.4 is 5.32 Å². The number of amides is 2. The van der Waals surface area contributed by atoms with Crippen molar-refractivity contribution in [2.24, 2.45) is 0 Å². The van der Waals surface area contributed by atoms with Gasteiger partial charge in [0.2, 0.25) is 0 Å². The van der Waals surface area contributed by atoms with Gasteiger partial charge in [0.1, 0.15) is 12.4 Å². The number of pyridine rings is 1. The number of carboxylic acid groups (broad SMARTS) is 1. The third-order valence-corrected chi connectivity index (χ3v) is 4.10. The molecular weight excluding hydrogens is 284 g/mol. The molecule has 1 aromatic heterocycles. The fraction of sp³-hybridized carbons (Fsp3) is 0.533. The Labute approximate surface area is 128 Å². The molecule has 2 amide bonds. The number of aryl methyl sites for hydroxylation is 1. The normalized spacial score (nSPS) is 17.4. The number of urea groups is 1. The number of hydrogen-bond donors (Lipinski definition) is 2. The summed E-state index contributed by atoms with van der Waals surface area (Å²) in [7, 11) is 0. The molecule has 0 saturated carbocycles. The number of hydrogen-bond acceptors (Lipinski definition) is 4. The Morgan fingerprint density at radius 2 is 2.14 bits per heavy atom. The molecular formula is C15H20N4O3. The van der Waals surface area contributed by atoms with Crippen LogP contribution in [0.4, 0.5) is 10.6 Å². The maximum Gasteiger partial charge on any atom is 0.323 e. The Hall–Kier alpha value is -2.31. The summed E-state index contributed by atoms with van der Waals surface area (Å²) < 4.78 is 0. The SMILES string of the molecule is O=C(O)CN1CCN(CCc2ccc3c(n2)NCCC3)C1=O. The van der Waals surface area contributed by atoms with E-state index in [0.717, 1.165) is 30.9 Å². The maximum absolute atomic E-state index is 12.1. The third-order valence-electron chi connectivity index (χ3n) is 4.10. The highest BCUT2D eigenvalue weighted by Gasteiger charge is 2.29. The summed E-state index contributed by atoms with van der Waals surface area (Å²) in [6.45, 7) is 2.36. The van der Waals surface area contributed by atoms with Crippen molar-refractivity contribution in [1.29, 1.82) is 0 Å². The number of carbonyl (C=O) groups excluding carboxylic acids is 1. The molecule has 0 bridgehead atoms. The second-order valence-electron chi connectivity index (χ2n) is 5.68. The van der Waals surface area contributed by atoms with Crippen LogP contribution >= 0.6 is 0 Å². The van der Waals surface area contributed by atoms with Crippen molar-refractivity contribution in [2.75, 3.05) is 38.0 Å². The number of fused-ring (bicyclic) bond motifs is 1. The quantitative estimate of drug-likeness (QED) is 0.840. The standard InChI is InChI=1S/C15H20N4O3/c20-13(21)10-19-9-8-18(15(19)22)7-5-12-4-3-11-2-1-6-16-14(11)17-12/h3-4H,1-2,5-10H2,(H,16,17)(H,20,21). The van der Waals surface area contributed by atoms with Crippen LogP contribution in [-0.4, -0.2) is 64.6 Å². The van der Waals surface area contributed by atoms with Gasteiger partial charge in [-0.1, -0.05) is 6.07 Å². The van der Waals surface area contributed by atoms with E-state index in [4.69, 9.17) is 5.11 Å². The summed E-state index contributed by atoms with van der Waals surface area (Å²) in [6.07, 6.45) is 2.88. The van der Waals surface area contributed by atoms with E-state index in [1.807, 2.05) is 6.07 Å². The zero-order valence-corrected chi connectivity index (χ0v) is 12.4. The molecule has 2 aliphatic rings. The van der Waals surface area contributed by atoms with Gasteiger partial charge in [-0.3, -0.25) is 4.79 Å². The van der Waals surface area contributed by atoms with Gasteiger partial charge in [-0.05, 0) is 24.5 Å². The highest BCUT2D eigenvalue weighted by atomic mass is 16.4. The van der Waals surface area contributed by atoms with Crippen LogP contribution in [0.3, 0.4) is 0 Å². The van der Waals surface area contributed by atoms with E-state index in [0.29, 0.717) is 26.1 Å². The number of rotatable bonds is 5. The van der Waals surface area contributed by atoms with Crippen molar-refractivity contribution in [1.82, 2.24) is 14.8 Å². The van der Waals surface area contributed by atoms with Gasteiger partial charge in [0, 0.05) is 38.3 Å². The van der Waals surface area contributed by atoms with Gasteiger partial charge in [0.05, 0.1) is 0 Å². The van der Waals surface area contributed by atoms with Gasteiger partial charge in [0.15, 0.2) is 0 Å². The summed E-state index contributed by atoms with van der Waals surface area (Å²) in [4.78, 5) is 30.4. The number of nitrogens with zero attached hydrogens (tertiary/aromatic N) is 3. The van der Waals surface area contributed by atoms with Crippen LogP contribution in [-0.2, 0) is 17.6 Å². The summed E-state index contributed by atoms with van der Waals surface area (Å²) in [5.74, 6) is -0.0124. The lowest BCUT2D eigenvalue weighted by Gasteiger charge is -2.19. The molecule has 7 nitrogen and oxygen atoms in total. The topological polar surface area (TPSA) is 85.8 Å². The lowest BCUT2D eigenvalue weighted by molar-refractivity contribution is -0.137. The summed E-state index contributed by atoms with van der Waals surface area (Å²) >= 11 is 0. The molecule has 1 aromatic rings. The minimum absolute atomic E-state index is 0.196. The van der Waals surface area contributed by atoms with Crippen molar-refractivity contribution in [2.45, 2.75) is 19.3 Å². The lowest BCUT2D eigenvalue weighted by Crippen LogP contribution is -2.36. The van der Waals surface area contributed by atoms with Crippen molar-refractivity contribution in [3.8, 4) is 0 Å². The van der Waals surface area contributed by atoms with Gasteiger partial charge < -0.3 is 20.2 Å². The minimum atomic E-state index is -0.974. The van der Waals surface area contributed by atoms with Crippen LogP contribution in [0, 0.1) is 0 Å². The molecule has 0 radical (unpaired) electrons. The van der Waals surface area contributed by atoms with Crippen molar-refractivity contribution < 1.29 is 14.7 Å². The smallest absolute Gasteiger partial charge is 0.323 e. The number of anilines is 1. The molecule has 118 valence electrons. The van der Waals surface area contributed by atoms with Gasteiger partial charge >= 0.3 is 12.0 Å². The van der Waals surface area contributed by atoms with E-state index >= 15 is 0 Å². The average molecular weight is 304 g/mol. The zero-order chi connectivity index (χ0) is 15.5. The molecule has 0 aliphatic carbocycles. The summed E-state index contributed by atoms with van der Waals surface area (Å²) in [6, 6.07) is 3.92. The number of nitrogens with one attached hydrogen (secondary N) is 1. The van der Waals surface area contributed by atoms with Gasteiger partial charge in [-0.2, -0.15) is 0 Å². The Morgan fingerprint density at radius 3 is 2.95 bits per heavy atom. The molecule has 0 spiro atoms. The Morgan fingerprint density at radius 1 is 1.32 bits per heavy atom. The van der Waals surface area contributed by atoms with E-state index in [1.165, 1.54) is 10.5 Å². The Kier molecular flexibility index (Phi) is 4.13. The van der Waals surface area contributed by atoms with Gasteiger partial charge in [-0.15, -0.1) is 0 Å². The minimum Gasteiger partial charge on any atom is -0.480 e. The highest BCUT2D eigenvalue weighted by Crippen LogP contribution is 2.20. The third kappa shape index (κ3) is 3.13. The maximum atomic E-state index is 12.1. The molecule has 7 heteroatoms. The molecule has 1 saturated heterocycles. The molecule has 2 aliphatic heterocycles. The molecule has 3 heterocycles.